The van der Waals surface area contributed by atoms with E-state index in [1.165, 1.54) is 6.07 Å². The molecule has 0 bridgehead atoms. The van der Waals surface area contributed by atoms with E-state index in [4.69, 9.17) is 14.6 Å². The number of halogens is 1. The molecule has 0 spiro atoms. The summed E-state index contributed by atoms with van der Waals surface area (Å²) in [6.45, 7) is 24.6. The summed E-state index contributed by atoms with van der Waals surface area (Å²) in [4.78, 5) is 4.51. The molecule has 2 N–H and O–H groups in total. The lowest BCUT2D eigenvalue weighted by Crippen LogP contribution is -2.56. The molecule has 2 unspecified atom stereocenters. The maximum absolute atomic E-state index is 15.0. The zero-order valence-corrected chi connectivity index (χ0v) is 25.1. The molecule has 5 nitrogen and oxygen atoms in total. The molecule has 0 aromatic heterocycles. The number of likely N-dealkylation sites (tertiary alicyclic amines) is 1. The molecule has 1 aromatic rings. The Morgan fingerprint density at radius 3 is 2.06 bits per heavy atom. The first kappa shape index (κ1) is 27.8. The van der Waals surface area contributed by atoms with Crippen LogP contribution in [-0.2, 0) is 8.85 Å². The molecule has 0 aliphatic carbocycles. The lowest BCUT2D eigenvalue weighted by atomic mass is 10.2. The maximum atomic E-state index is 15.0. The van der Waals surface area contributed by atoms with Gasteiger partial charge in [-0.25, -0.2) is 4.39 Å². The summed E-state index contributed by atoms with van der Waals surface area (Å²) in [5.74, 6) is -0.232. The summed E-state index contributed by atoms with van der Waals surface area (Å²) in [5, 5.41) is 0.259. The Balaban J connectivity index is 1.90. The molecule has 0 amide bonds. The average Bonchev–Trinajstić information content (AvgIpc) is 3.23. The number of hydrogen-bond donors (Lipinski definition) is 1. The van der Waals surface area contributed by atoms with Crippen LogP contribution in [0.1, 0.15) is 54.4 Å². The highest BCUT2D eigenvalue weighted by molar-refractivity contribution is 6.74. The van der Waals surface area contributed by atoms with Gasteiger partial charge in [-0.1, -0.05) is 53.7 Å². The Morgan fingerprint density at radius 2 is 1.50 bits per heavy atom. The van der Waals surface area contributed by atoms with Crippen LogP contribution in [0.2, 0.25) is 36.3 Å². The standard InChI is InChI=1S/C26H48FN3O2Si2/c1-25(2,3)33(7,8)31-19-15-16-29(18-19)24-22(32-34(9,10)26(4,5)6)17-23(28)30(24)21-14-12-11-13-20(21)27/h11-14,19,22-24H,15-18,28H2,1-10H3/t19-,22-,23?,24?/m1/s1. The summed E-state index contributed by atoms with van der Waals surface area (Å²) >= 11 is 0. The molecule has 2 saturated heterocycles. The van der Waals surface area contributed by atoms with Crippen molar-refractivity contribution in [2.45, 2.75) is 115 Å². The Labute approximate surface area is 209 Å². The zero-order valence-electron chi connectivity index (χ0n) is 23.1. The highest BCUT2D eigenvalue weighted by Gasteiger charge is 2.51. The van der Waals surface area contributed by atoms with Crippen molar-refractivity contribution in [3.8, 4) is 0 Å². The molecule has 2 fully saturated rings. The van der Waals surface area contributed by atoms with Crippen LogP contribution in [-0.4, -0.2) is 59.2 Å². The second kappa shape index (κ2) is 9.59. The lowest BCUT2D eigenvalue weighted by Gasteiger charge is -2.43. The van der Waals surface area contributed by atoms with E-state index < -0.39 is 16.6 Å². The normalized spacial score (nSPS) is 27.6. The van der Waals surface area contributed by atoms with E-state index in [9.17, 15) is 4.39 Å². The lowest BCUT2D eigenvalue weighted by molar-refractivity contribution is 0.0833. The Hall–Kier alpha value is -0.776. The topological polar surface area (TPSA) is 51.0 Å². The van der Waals surface area contributed by atoms with Crippen molar-refractivity contribution >= 4 is 22.3 Å². The number of benzene rings is 1. The summed E-state index contributed by atoms with van der Waals surface area (Å²) in [7, 11) is -3.92. The summed E-state index contributed by atoms with van der Waals surface area (Å²) in [6, 6.07) is 6.99. The predicted octanol–water partition coefficient (Wildman–Crippen LogP) is 6.13. The quantitative estimate of drug-likeness (QED) is 0.467. The molecule has 3 rings (SSSR count). The Kier molecular flexibility index (Phi) is 7.85. The molecule has 2 aliphatic heterocycles. The SMILES string of the molecule is CC(C)(C)[Si](C)(C)O[C@@H]1CCN(C2[C@H](O[Si](C)(C)C(C)(C)C)CC(N)N2c2ccccc2F)C1. The van der Waals surface area contributed by atoms with Gasteiger partial charge in [-0.3, -0.25) is 4.90 Å². The number of nitrogens with two attached hydrogens (primary N) is 1. The number of anilines is 1. The van der Waals surface area contributed by atoms with Gasteiger partial charge >= 0.3 is 0 Å². The summed E-state index contributed by atoms with van der Waals surface area (Å²) in [5.41, 5.74) is 7.26. The highest BCUT2D eigenvalue weighted by atomic mass is 28.4. The van der Waals surface area contributed by atoms with Gasteiger partial charge in [-0.15, -0.1) is 0 Å². The van der Waals surface area contributed by atoms with Gasteiger partial charge in [-0.05, 0) is 54.8 Å². The molecule has 194 valence electrons. The van der Waals surface area contributed by atoms with Crippen LogP contribution in [0.25, 0.3) is 0 Å². The fraction of sp³-hybridized carbons (Fsp3) is 0.769. The molecule has 0 radical (unpaired) electrons. The van der Waals surface area contributed by atoms with Crippen molar-refractivity contribution in [3.05, 3.63) is 30.1 Å². The van der Waals surface area contributed by atoms with Crippen LogP contribution in [0.4, 0.5) is 10.1 Å². The van der Waals surface area contributed by atoms with E-state index in [0.717, 1.165) is 19.5 Å². The number of nitrogens with zero attached hydrogens (tertiary/aromatic N) is 2. The van der Waals surface area contributed by atoms with Crippen molar-refractivity contribution in [1.82, 2.24) is 4.90 Å². The van der Waals surface area contributed by atoms with Crippen molar-refractivity contribution in [2.24, 2.45) is 5.73 Å². The van der Waals surface area contributed by atoms with E-state index in [-0.39, 0.29) is 40.4 Å². The van der Waals surface area contributed by atoms with Crippen LogP contribution < -0.4 is 10.6 Å². The van der Waals surface area contributed by atoms with Crippen molar-refractivity contribution in [2.75, 3.05) is 18.0 Å². The van der Waals surface area contributed by atoms with Gasteiger partial charge in [0.1, 0.15) is 12.0 Å². The first-order valence-corrected chi connectivity index (χ1v) is 18.6. The second-order valence-corrected chi connectivity index (χ2v) is 22.8. The number of rotatable bonds is 6. The molecular weight excluding hydrogens is 461 g/mol. The summed E-state index contributed by atoms with van der Waals surface area (Å²) in [6.07, 6.45) is 1.40. The van der Waals surface area contributed by atoms with Gasteiger partial charge in [0.05, 0.1) is 24.1 Å². The molecule has 4 atom stereocenters. The molecular formula is C26H48FN3O2Si2. The van der Waals surface area contributed by atoms with E-state index in [0.29, 0.717) is 12.1 Å². The van der Waals surface area contributed by atoms with Crippen LogP contribution in [0.3, 0.4) is 0 Å². The number of hydrogen-bond acceptors (Lipinski definition) is 5. The molecule has 2 aliphatic rings. The summed E-state index contributed by atoms with van der Waals surface area (Å²) < 4.78 is 28.7. The highest BCUT2D eigenvalue weighted by Crippen LogP contribution is 2.43. The van der Waals surface area contributed by atoms with Crippen LogP contribution in [0, 0.1) is 5.82 Å². The molecule has 1 aromatic carbocycles. The molecule has 8 heteroatoms. The molecule has 34 heavy (non-hydrogen) atoms. The van der Waals surface area contributed by atoms with E-state index in [1.54, 1.807) is 6.07 Å². The Bertz CT molecular complexity index is 853. The molecule has 2 heterocycles. The average molecular weight is 510 g/mol. The van der Waals surface area contributed by atoms with Gasteiger partial charge in [0.25, 0.3) is 0 Å². The minimum absolute atomic E-state index is 0.0675. The minimum Gasteiger partial charge on any atom is -0.413 e. The van der Waals surface area contributed by atoms with Crippen molar-refractivity contribution < 1.29 is 13.2 Å². The van der Waals surface area contributed by atoms with Gasteiger partial charge < -0.3 is 19.5 Å². The van der Waals surface area contributed by atoms with Crippen LogP contribution >= 0.6 is 0 Å². The largest absolute Gasteiger partial charge is 0.413 e. The van der Waals surface area contributed by atoms with Crippen LogP contribution in [0.15, 0.2) is 24.3 Å². The fourth-order valence-electron chi connectivity index (χ4n) is 4.59. The van der Waals surface area contributed by atoms with E-state index in [2.05, 4.69) is 77.5 Å². The Morgan fingerprint density at radius 1 is 0.941 bits per heavy atom. The van der Waals surface area contributed by atoms with Gasteiger partial charge in [0, 0.05) is 19.5 Å². The fourth-order valence-corrected chi connectivity index (χ4v) is 7.30. The number of para-hydroxylation sites is 1. The third kappa shape index (κ3) is 5.62. The van der Waals surface area contributed by atoms with Gasteiger partial charge in [0.15, 0.2) is 16.6 Å². The van der Waals surface area contributed by atoms with E-state index in [1.807, 2.05) is 12.1 Å². The van der Waals surface area contributed by atoms with E-state index >= 15 is 0 Å². The second-order valence-electron chi connectivity index (χ2n) is 13.3. The predicted molar refractivity (Wildman–Crippen MR) is 146 cm³/mol. The molecule has 0 saturated carbocycles. The van der Waals surface area contributed by atoms with Crippen molar-refractivity contribution in [3.63, 3.8) is 0 Å². The zero-order chi connectivity index (χ0) is 25.7. The third-order valence-electron chi connectivity index (χ3n) is 8.65. The monoisotopic (exact) mass is 509 g/mol. The van der Waals surface area contributed by atoms with Crippen LogP contribution in [0.5, 0.6) is 0 Å². The van der Waals surface area contributed by atoms with Gasteiger partial charge in [-0.2, -0.15) is 0 Å². The minimum atomic E-state index is -2.04. The maximum Gasteiger partial charge on any atom is 0.192 e. The van der Waals surface area contributed by atoms with Crippen molar-refractivity contribution in [1.29, 1.82) is 0 Å². The van der Waals surface area contributed by atoms with Gasteiger partial charge in [0.2, 0.25) is 0 Å². The smallest absolute Gasteiger partial charge is 0.192 e. The first-order valence-electron chi connectivity index (χ1n) is 12.8. The first-order chi connectivity index (χ1) is 15.4. The third-order valence-corrected chi connectivity index (χ3v) is 17.7.